The van der Waals surface area contributed by atoms with Gasteiger partial charge >= 0.3 is 0 Å². The highest BCUT2D eigenvalue weighted by Crippen LogP contribution is 2.02. The highest BCUT2D eigenvalue weighted by Gasteiger charge is 2.02. The Balaban J connectivity index is 2.36. The minimum atomic E-state index is 0.290. The molecule has 1 rings (SSSR count). The van der Waals surface area contributed by atoms with Gasteiger partial charge in [-0.05, 0) is 26.7 Å². The van der Waals surface area contributed by atoms with Crippen LogP contribution < -0.4 is 5.73 Å². The van der Waals surface area contributed by atoms with E-state index in [9.17, 15) is 0 Å². The number of nitrogens with zero attached hydrogens (tertiary/aromatic N) is 3. The summed E-state index contributed by atoms with van der Waals surface area (Å²) in [6, 6.07) is 0.290. The van der Waals surface area contributed by atoms with Gasteiger partial charge < -0.3 is 5.73 Å². The Hall–Kier alpha value is -0.900. The molecule has 1 aromatic heterocycles. The molecular weight excluding hydrogens is 164 g/mol. The maximum atomic E-state index is 5.66. The van der Waals surface area contributed by atoms with E-state index in [0.29, 0.717) is 0 Å². The lowest BCUT2D eigenvalue weighted by molar-refractivity contribution is 0.569. The highest BCUT2D eigenvalue weighted by molar-refractivity contribution is 4.84. The van der Waals surface area contributed by atoms with Crippen LogP contribution in [0.5, 0.6) is 0 Å². The molecule has 1 atom stereocenters. The van der Waals surface area contributed by atoms with Gasteiger partial charge in [-0.1, -0.05) is 0 Å². The Morgan fingerprint density at radius 3 is 3.00 bits per heavy atom. The third-order valence-corrected chi connectivity index (χ3v) is 2.06. The van der Waals surface area contributed by atoms with E-state index in [2.05, 4.69) is 17.0 Å². The van der Waals surface area contributed by atoms with E-state index in [1.807, 2.05) is 11.6 Å². The number of hydrogen-bond acceptors (Lipinski definition) is 3. The number of nitrogens with two attached hydrogens (primary N) is 1. The molecule has 1 aromatic rings. The van der Waals surface area contributed by atoms with Crippen LogP contribution in [-0.2, 0) is 13.0 Å². The SMILES string of the molecule is CCn1ncnc1CCCC(C)N. The smallest absolute Gasteiger partial charge is 0.138 e. The standard InChI is InChI=1S/C9H18N4/c1-3-13-9(11-7-12-13)6-4-5-8(2)10/h7-8H,3-6,10H2,1-2H3. The minimum absolute atomic E-state index is 0.290. The average molecular weight is 182 g/mol. The van der Waals surface area contributed by atoms with Crippen molar-refractivity contribution < 1.29 is 0 Å². The maximum absolute atomic E-state index is 5.66. The second-order valence-corrected chi connectivity index (χ2v) is 3.36. The molecule has 4 nitrogen and oxygen atoms in total. The molecule has 2 N–H and O–H groups in total. The van der Waals surface area contributed by atoms with Crippen LogP contribution in [-0.4, -0.2) is 20.8 Å². The monoisotopic (exact) mass is 182 g/mol. The molecular formula is C9H18N4. The number of hydrogen-bond donors (Lipinski definition) is 1. The van der Waals surface area contributed by atoms with Crippen LogP contribution in [0.3, 0.4) is 0 Å². The van der Waals surface area contributed by atoms with E-state index in [1.54, 1.807) is 6.33 Å². The van der Waals surface area contributed by atoms with Gasteiger partial charge in [0, 0.05) is 19.0 Å². The molecule has 4 heteroatoms. The number of aromatic nitrogens is 3. The van der Waals surface area contributed by atoms with E-state index in [0.717, 1.165) is 31.6 Å². The molecule has 0 aliphatic heterocycles. The molecule has 0 fully saturated rings. The lowest BCUT2D eigenvalue weighted by Crippen LogP contribution is -2.15. The fourth-order valence-corrected chi connectivity index (χ4v) is 1.33. The van der Waals surface area contributed by atoms with Crippen LogP contribution in [0.1, 0.15) is 32.5 Å². The molecule has 13 heavy (non-hydrogen) atoms. The second kappa shape index (κ2) is 4.97. The molecule has 0 bridgehead atoms. The van der Waals surface area contributed by atoms with Crippen molar-refractivity contribution >= 4 is 0 Å². The zero-order valence-electron chi connectivity index (χ0n) is 8.40. The predicted octanol–water partition coefficient (Wildman–Crippen LogP) is 0.968. The van der Waals surface area contributed by atoms with Crippen LogP contribution >= 0.6 is 0 Å². The molecule has 0 spiro atoms. The lowest BCUT2D eigenvalue weighted by Gasteiger charge is -2.04. The topological polar surface area (TPSA) is 56.7 Å². The van der Waals surface area contributed by atoms with Gasteiger partial charge in [0.15, 0.2) is 0 Å². The highest BCUT2D eigenvalue weighted by atomic mass is 15.3. The summed E-state index contributed by atoms with van der Waals surface area (Å²) in [6.07, 6.45) is 4.74. The van der Waals surface area contributed by atoms with E-state index >= 15 is 0 Å². The van der Waals surface area contributed by atoms with Gasteiger partial charge in [-0.3, -0.25) is 4.68 Å². The Bertz CT molecular complexity index is 242. The van der Waals surface area contributed by atoms with Crippen molar-refractivity contribution in [2.45, 2.75) is 45.7 Å². The van der Waals surface area contributed by atoms with Gasteiger partial charge in [-0.2, -0.15) is 5.10 Å². The van der Waals surface area contributed by atoms with E-state index in [4.69, 9.17) is 5.73 Å². The largest absolute Gasteiger partial charge is 0.328 e. The molecule has 1 unspecified atom stereocenters. The molecule has 1 heterocycles. The van der Waals surface area contributed by atoms with Crippen molar-refractivity contribution in [1.29, 1.82) is 0 Å². The van der Waals surface area contributed by atoms with Crippen molar-refractivity contribution in [1.82, 2.24) is 14.8 Å². The van der Waals surface area contributed by atoms with E-state index in [-0.39, 0.29) is 6.04 Å². The summed E-state index contributed by atoms with van der Waals surface area (Å²) in [5, 5.41) is 4.11. The summed E-state index contributed by atoms with van der Waals surface area (Å²) in [6.45, 7) is 5.00. The van der Waals surface area contributed by atoms with Gasteiger partial charge in [-0.15, -0.1) is 0 Å². The van der Waals surface area contributed by atoms with Crippen molar-refractivity contribution in [3.8, 4) is 0 Å². The van der Waals surface area contributed by atoms with Crippen molar-refractivity contribution in [2.24, 2.45) is 5.73 Å². The molecule has 0 aliphatic carbocycles. The summed E-state index contributed by atoms with van der Waals surface area (Å²) in [7, 11) is 0. The zero-order chi connectivity index (χ0) is 9.68. The Morgan fingerprint density at radius 1 is 1.62 bits per heavy atom. The first-order valence-electron chi connectivity index (χ1n) is 4.86. The summed E-state index contributed by atoms with van der Waals surface area (Å²) in [4.78, 5) is 4.19. The molecule has 0 aliphatic rings. The molecule has 0 saturated carbocycles. The van der Waals surface area contributed by atoms with Crippen LogP contribution in [0.2, 0.25) is 0 Å². The minimum Gasteiger partial charge on any atom is -0.328 e. The zero-order valence-corrected chi connectivity index (χ0v) is 8.40. The number of rotatable bonds is 5. The van der Waals surface area contributed by atoms with Crippen LogP contribution in [0.4, 0.5) is 0 Å². The first-order chi connectivity index (χ1) is 6.24. The first-order valence-corrected chi connectivity index (χ1v) is 4.86. The quantitative estimate of drug-likeness (QED) is 0.738. The average Bonchev–Trinajstić information content (AvgIpc) is 2.51. The lowest BCUT2D eigenvalue weighted by atomic mass is 10.1. The van der Waals surface area contributed by atoms with Crippen LogP contribution in [0.15, 0.2) is 6.33 Å². The fraction of sp³-hybridized carbons (Fsp3) is 0.778. The molecule has 0 saturated heterocycles. The Labute approximate surface area is 79.2 Å². The Kier molecular flexibility index (Phi) is 3.89. The summed E-state index contributed by atoms with van der Waals surface area (Å²) in [5.74, 6) is 1.07. The normalized spacial score (nSPS) is 13.2. The molecule has 0 radical (unpaired) electrons. The summed E-state index contributed by atoms with van der Waals surface area (Å²) < 4.78 is 1.93. The summed E-state index contributed by atoms with van der Waals surface area (Å²) in [5.41, 5.74) is 5.66. The van der Waals surface area contributed by atoms with E-state index in [1.165, 1.54) is 0 Å². The first kappa shape index (κ1) is 10.2. The van der Waals surface area contributed by atoms with Crippen LogP contribution in [0.25, 0.3) is 0 Å². The molecule has 0 aromatic carbocycles. The van der Waals surface area contributed by atoms with E-state index < -0.39 is 0 Å². The fourth-order valence-electron chi connectivity index (χ4n) is 1.33. The number of aryl methyl sites for hydroxylation is 2. The van der Waals surface area contributed by atoms with Gasteiger partial charge in [0.25, 0.3) is 0 Å². The van der Waals surface area contributed by atoms with Crippen LogP contribution in [0, 0.1) is 0 Å². The third-order valence-electron chi connectivity index (χ3n) is 2.06. The van der Waals surface area contributed by atoms with Gasteiger partial charge in [0.05, 0.1) is 0 Å². The molecule has 74 valence electrons. The second-order valence-electron chi connectivity index (χ2n) is 3.36. The van der Waals surface area contributed by atoms with Crippen molar-refractivity contribution in [2.75, 3.05) is 0 Å². The van der Waals surface area contributed by atoms with Gasteiger partial charge in [-0.25, -0.2) is 4.98 Å². The van der Waals surface area contributed by atoms with Gasteiger partial charge in [0.2, 0.25) is 0 Å². The van der Waals surface area contributed by atoms with Gasteiger partial charge in [0.1, 0.15) is 12.2 Å². The van der Waals surface area contributed by atoms with Crippen molar-refractivity contribution in [3.05, 3.63) is 12.2 Å². The van der Waals surface area contributed by atoms with Crippen molar-refractivity contribution in [3.63, 3.8) is 0 Å². The predicted molar refractivity (Wildman–Crippen MR) is 52.3 cm³/mol. The summed E-state index contributed by atoms with van der Waals surface area (Å²) >= 11 is 0. The maximum Gasteiger partial charge on any atom is 0.138 e. The molecule has 0 amide bonds. The Morgan fingerprint density at radius 2 is 2.38 bits per heavy atom. The third kappa shape index (κ3) is 3.14.